The van der Waals surface area contributed by atoms with Gasteiger partial charge >= 0.3 is 0 Å². The molecule has 0 aromatic heterocycles. The Morgan fingerprint density at radius 3 is 2.33 bits per heavy atom. The van der Waals surface area contributed by atoms with E-state index >= 15 is 0 Å². The van der Waals surface area contributed by atoms with Gasteiger partial charge in [0.25, 0.3) is 0 Å². The maximum Gasteiger partial charge on any atom is 0.0671 e. The van der Waals surface area contributed by atoms with Crippen LogP contribution in [0.2, 0.25) is 0 Å². The molecule has 3 saturated heterocycles. The van der Waals surface area contributed by atoms with Crippen molar-refractivity contribution in [2.75, 3.05) is 59.0 Å². The lowest BCUT2D eigenvalue weighted by atomic mass is 9.95. The first kappa shape index (κ1) is 12.9. The van der Waals surface area contributed by atoms with Crippen LogP contribution in [0.1, 0.15) is 19.8 Å². The third kappa shape index (κ3) is 2.72. The topological polar surface area (TPSA) is 27.7 Å². The fraction of sp³-hybridized carbons (Fsp3) is 1.00. The van der Waals surface area contributed by atoms with Gasteiger partial charge in [-0.05, 0) is 38.8 Å². The van der Waals surface area contributed by atoms with Crippen LogP contribution in [-0.4, -0.2) is 74.4 Å². The highest BCUT2D eigenvalue weighted by molar-refractivity contribution is 4.94. The van der Waals surface area contributed by atoms with Crippen molar-refractivity contribution >= 4 is 0 Å². The number of ether oxygens (including phenoxy) is 1. The van der Waals surface area contributed by atoms with Crippen LogP contribution < -0.4 is 5.32 Å². The highest BCUT2D eigenvalue weighted by Gasteiger charge is 2.40. The monoisotopic (exact) mass is 253 g/mol. The van der Waals surface area contributed by atoms with Crippen molar-refractivity contribution in [3.05, 3.63) is 0 Å². The number of hydrogen-bond acceptors (Lipinski definition) is 4. The van der Waals surface area contributed by atoms with Gasteiger partial charge < -0.3 is 15.0 Å². The molecular weight excluding hydrogens is 226 g/mol. The molecule has 3 fully saturated rings. The molecule has 18 heavy (non-hydrogen) atoms. The quantitative estimate of drug-likeness (QED) is 0.787. The van der Waals surface area contributed by atoms with E-state index in [0.29, 0.717) is 5.54 Å². The minimum atomic E-state index is 0.348. The second-order valence-corrected chi connectivity index (χ2v) is 6.47. The van der Waals surface area contributed by atoms with Crippen LogP contribution in [0.3, 0.4) is 0 Å². The van der Waals surface area contributed by atoms with Crippen LogP contribution in [0.15, 0.2) is 0 Å². The van der Waals surface area contributed by atoms with Crippen LogP contribution in [0.25, 0.3) is 0 Å². The third-order valence-electron chi connectivity index (χ3n) is 4.94. The average molecular weight is 253 g/mol. The van der Waals surface area contributed by atoms with E-state index in [1.54, 1.807) is 0 Å². The second kappa shape index (κ2) is 5.45. The molecule has 3 aliphatic rings. The lowest BCUT2D eigenvalue weighted by molar-refractivity contribution is -0.140. The van der Waals surface area contributed by atoms with Gasteiger partial charge in [0.15, 0.2) is 0 Å². The number of nitrogens with zero attached hydrogens (tertiary/aromatic N) is 2. The number of rotatable bonds is 3. The Hall–Kier alpha value is -0.160. The molecular formula is C14H27N3O. The van der Waals surface area contributed by atoms with Gasteiger partial charge in [0, 0.05) is 32.7 Å². The predicted octanol–water partition coefficient (Wildman–Crippen LogP) is 0.393. The van der Waals surface area contributed by atoms with Gasteiger partial charge in [-0.15, -0.1) is 0 Å². The molecule has 104 valence electrons. The number of nitrogens with one attached hydrogen (secondary N) is 1. The van der Waals surface area contributed by atoms with Gasteiger partial charge in [-0.25, -0.2) is 0 Å². The van der Waals surface area contributed by atoms with Crippen LogP contribution in [-0.2, 0) is 4.74 Å². The van der Waals surface area contributed by atoms with Gasteiger partial charge in [-0.1, -0.05) is 0 Å². The zero-order valence-electron chi connectivity index (χ0n) is 11.7. The van der Waals surface area contributed by atoms with Crippen molar-refractivity contribution in [3.63, 3.8) is 0 Å². The summed E-state index contributed by atoms with van der Waals surface area (Å²) in [5.41, 5.74) is 0.348. The highest BCUT2D eigenvalue weighted by atomic mass is 16.5. The molecule has 0 aromatic rings. The van der Waals surface area contributed by atoms with Crippen LogP contribution >= 0.6 is 0 Å². The fourth-order valence-electron chi connectivity index (χ4n) is 3.48. The third-order valence-corrected chi connectivity index (χ3v) is 4.94. The molecule has 0 aliphatic carbocycles. The van der Waals surface area contributed by atoms with E-state index in [0.717, 1.165) is 19.1 Å². The SMILES string of the molecule is CC1(N2CCN(CC3CCNCC3)CC2)COC1. The fourth-order valence-corrected chi connectivity index (χ4v) is 3.48. The molecule has 4 heteroatoms. The molecule has 0 amide bonds. The number of hydrogen-bond donors (Lipinski definition) is 1. The summed E-state index contributed by atoms with van der Waals surface area (Å²) in [6.45, 7) is 12.9. The van der Waals surface area contributed by atoms with E-state index in [4.69, 9.17) is 4.74 Å². The van der Waals surface area contributed by atoms with Gasteiger partial charge in [0.1, 0.15) is 0 Å². The van der Waals surface area contributed by atoms with Crippen molar-refractivity contribution in [1.29, 1.82) is 0 Å². The van der Waals surface area contributed by atoms with Crippen LogP contribution in [0.5, 0.6) is 0 Å². The first-order chi connectivity index (χ1) is 8.76. The lowest BCUT2D eigenvalue weighted by Gasteiger charge is -2.50. The summed E-state index contributed by atoms with van der Waals surface area (Å²) in [7, 11) is 0. The molecule has 1 N–H and O–H groups in total. The zero-order valence-corrected chi connectivity index (χ0v) is 11.7. The molecule has 3 heterocycles. The predicted molar refractivity (Wildman–Crippen MR) is 72.8 cm³/mol. The first-order valence-corrected chi connectivity index (χ1v) is 7.52. The molecule has 0 aromatic carbocycles. The lowest BCUT2D eigenvalue weighted by Crippen LogP contribution is -2.64. The molecule has 3 aliphatic heterocycles. The van der Waals surface area contributed by atoms with E-state index in [1.807, 2.05) is 0 Å². The highest BCUT2D eigenvalue weighted by Crippen LogP contribution is 2.26. The normalized spacial score (nSPS) is 31.2. The first-order valence-electron chi connectivity index (χ1n) is 7.52. The second-order valence-electron chi connectivity index (χ2n) is 6.47. The summed E-state index contributed by atoms with van der Waals surface area (Å²) in [6.07, 6.45) is 2.73. The number of piperazine rings is 1. The average Bonchev–Trinajstić information content (AvgIpc) is 2.38. The minimum absolute atomic E-state index is 0.348. The summed E-state index contributed by atoms with van der Waals surface area (Å²) in [6, 6.07) is 0. The van der Waals surface area contributed by atoms with Crippen LogP contribution in [0.4, 0.5) is 0 Å². The number of piperidine rings is 1. The van der Waals surface area contributed by atoms with Crippen molar-refractivity contribution in [2.24, 2.45) is 5.92 Å². The maximum absolute atomic E-state index is 5.38. The Labute approximate surface area is 111 Å². The van der Waals surface area contributed by atoms with E-state index in [2.05, 4.69) is 22.0 Å². The van der Waals surface area contributed by atoms with E-state index in [9.17, 15) is 0 Å². The van der Waals surface area contributed by atoms with Crippen molar-refractivity contribution in [2.45, 2.75) is 25.3 Å². The Balaban J connectivity index is 1.42. The van der Waals surface area contributed by atoms with Crippen LogP contribution in [0, 0.1) is 5.92 Å². The van der Waals surface area contributed by atoms with E-state index < -0.39 is 0 Å². The molecule has 4 nitrogen and oxygen atoms in total. The summed E-state index contributed by atoms with van der Waals surface area (Å²) in [5.74, 6) is 0.931. The van der Waals surface area contributed by atoms with E-state index in [-0.39, 0.29) is 0 Å². The summed E-state index contributed by atoms with van der Waals surface area (Å²) >= 11 is 0. The largest absolute Gasteiger partial charge is 0.377 e. The molecule has 0 radical (unpaired) electrons. The van der Waals surface area contributed by atoms with Crippen molar-refractivity contribution in [3.8, 4) is 0 Å². The molecule has 0 spiro atoms. The molecule has 3 rings (SSSR count). The van der Waals surface area contributed by atoms with Gasteiger partial charge in [-0.2, -0.15) is 0 Å². The van der Waals surface area contributed by atoms with Gasteiger partial charge in [-0.3, -0.25) is 4.90 Å². The molecule has 0 unspecified atom stereocenters. The Morgan fingerprint density at radius 1 is 1.11 bits per heavy atom. The summed E-state index contributed by atoms with van der Waals surface area (Å²) < 4.78 is 5.38. The molecule has 0 bridgehead atoms. The Morgan fingerprint density at radius 2 is 1.78 bits per heavy atom. The smallest absolute Gasteiger partial charge is 0.0671 e. The summed E-state index contributed by atoms with van der Waals surface area (Å²) in [5, 5.41) is 3.45. The molecule has 0 saturated carbocycles. The van der Waals surface area contributed by atoms with Crippen molar-refractivity contribution < 1.29 is 4.74 Å². The van der Waals surface area contributed by atoms with Gasteiger partial charge in [0.05, 0.1) is 18.8 Å². The zero-order chi connectivity index (χ0) is 12.4. The maximum atomic E-state index is 5.38. The van der Waals surface area contributed by atoms with E-state index in [1.165, 1.54) is 58.7 Å². The summed E-state index contributed by atoms with van der Waals surface area (Å²) in [4.78, 5) is 5.31. The standard InChI is InChI=1S/C14H27N3O/c1-14(11-18-12-14)17-8-6-16(7-9-17)10-13-2-4-15-5-3-13/h13,15H,2-12H2,1H3. The Bertz CT molecular complexity index is 266. The van der Waals surface area contributed by atoms with Crippen molar-refractivity contribution in [1.82, 2.24) is 15.1 Å². The minimum Gasteiger partial charge on any atom is -0.377 e. The van der Waals surface area contributed by atoms with Gasteiger partial charge in [0.2, 0.25) is 0 Å². The molecule has 0 atom stereocenters. The Kier molecular flexibility index (Phi) is 3.89.